The molecule has 1 N–H and O–H groups in total. The molecule has 0 atom stereocenters. The van der Waals surface area contributed by atoms with Crippen LogP contribution in [-0.2, 0) is 6.42 Å². The van der Waals surface area contributed by atoms with Gasteiger partial charge in [0.2, 0.25) is 0 Å². The summed E-state index contributed by atoms with van der Waals surface area (Å²) >= 11 is 0. The number of hydrogen-bond acceptors (Lipinski definition) is 4. The fourth-order valence-corrected chi connectivity index (χ4v) is 1.76. The molecule has 0 unspecified atom stereocenters. The summed E-state index contributed by atoms with van der Waals surface area (Å²) in [5, 5.41) is 3.24. The topological polar surface area (TPSA) is 50.7 Å². The first kappa shape index (κ1) is 12.5. The summed E-state index contributed by atoms with van der Waals surface area (Å²) in [5.74, 6) is 1.56. The Hall–Kier alpha value is -1.97. The van der Waals surface area contributed by atoms with Gasteiger partial charge in [0.05, 0.1) is 0 Å². The predicted molar refractivity (Wildman–Crippen MR) is 73.4 cm³/mol. The molecule has 0 fully saturated rings. The van der Waals surface area contributed by atoms with Crippen molar-refractivity contribution in [2.45, 2.75) is 26.7 Å². The van der Waals surface area contributed by atoms with Gasteiger partial charge in [-0.1, -0.05) is 19.4 Å². The molecule has 94 valence electrons. The van der Waals surface area contributed by atoms with Crippen LogP contribution in [0.4, 0.5) is 5.82 Å². The summed E-state index contributed by atoms with van der Waals surface area (Å²) in [4.78, 5) is 13.4. The van der Waals surface area contributed by atoms with E-state index < -0.39 is 0 Å². The molecule has 0 aromatic carbocycles. The van der Waals surface area contributed by atoms with Crippen molar-refractivity contribution in [1.82, 2.24) is 15.0 Å². The van der Waals surface area contributed by atoms with Crippen LogP contribution in [0.2, 0.25) is 0 Å². The van der Waals surface area contributed by atoms with E-state index in [2.05, 4.69) is 34.1 Å². The van der Waals surface area contributed by atoms with Crippen LogP contribution < -0.4 is 5.32 Å². The molecular weight excluding hydrogens is 224 g/mol. The van der Waals surface area contributed by atoms with E-state index in [1.807, 2.05) is 24.3 Å². The first-order valence-electron chi connectivity index (χ1n) is 6.36. The third-order valence-corrected chi connectivity index (χ3v) is 2.54. The Morgan fingerprint density at radius 2 is 2.06 bits per heavy atom. The van der Waals surface area contributed by atoms with Crippen LogP contribution in [0.25, 0.3) is 11.5 Å². The SMILES string of the molecule is CCCc1cc(NCC)nc(-c2ccccn2)n1. The summed E-state index contributed by atoms with van der Waals surface area (Å²) in [5.41, 5.74) is 1.87. The third-order valence-electron chi connectivity index (χ3n) is 2.54. The molecular formula is C14H18N4. The van der Waals surface area contributed by atoms with Gasteiger partial charge in [-0.05, 0) is 25.5 Å². The lowest BCUT2D eigenvalue weighted by Gasteiger charge is -2.08. The number of nitrogens with one attached hydrogen (secondary N) is 1. The number of aromatic nitrogens is 3. The summed E-state index contributed by atoms with van der Waals surface area (Å²) in [6, 6.07) is 7.79. The fourth-order valence-electron chi connectivity index (χ4n) is 1.76. The van der Waals surface area contributed by atoms with Crippen molar-refractivity contribution in [3.63, 3.8) is 0 Å². The van der Waals surface area contributed by atoms with E-state index in [0.717, 1.165) is 36.6 Å². The van der Waals surface area contributed by atoms with Crippen molar-refractivity contribution in [1.29, 1.82) is 0 Å². The highest BCUT2D eigenvalue weighted by Gasteiger charge is 2.06. The molecule has 4 heteroatoms. The first-order valence-corrected chi connectivity index (χ1v) is 6.36. The highest BCUT2D eigenvalue weighted by Crippen LogP contribution is 2.16. The third kappa shape index (κ3) is 3.03. The van der Waals surface area contributed by atoms with Crippen molar-refractivity contribution in [3.8, 4) is 11.5 Å². The second kappa shape index (κ2) is 6.10. The summed E-state index contributed by atoms with van der Waals surface area (Å²) in [6.45, 7) is 5.06. The Bertz CT molecular complexity index is 472. The maximum atomic E-state index is 4.56. The van der Waals surface area contributed by atoms with Gasteiger partial charge < -0.3 is 5.32 Å². The van der Waals surface area contributed by atoms with E-state index in [4.69, 9.17) is 0 Å². The Labute approximate surface area is 108 Å². The van der Waals surface area contributed by atoms with Gasteiger partial charge in [-0.3, -0.25) is 4.98 Å². The van der Waals surface area contributed by atoms with Crippen LogP contribution >= 0.6 is 0 Å². The Balaban J connectivity index is 2.39. The lowest BCUT2D eigenvalue weighted by molar-refractivity contribution is 0.873. The van der Waals surface area contributed by atoms with Gasteiger partial charge in [-0.2, -0.15) is 0 Å². The second-order valence-electron chi connectivity index (χ2n) is 4.06. The highest BCUT2D eigenvalue weighted by molar-refractivity contribution is 5.52. The van der Waals surface area contributed by atoms with Gasteiger partial charge in [-0.25, -0.2) is 9.97 Å². The van der Waals surface area contributed by atoms with Crippen molar-refractivity contribution in [2.75, 3.05) is 11.9 Å². The van der Waals surface area contributed by atoms with Crippen molar-refractivity contribution >= 4 is 5.82 Å². The lowest BCUT2D eigenvalue weighted by atomic mass is 10.2. The van der Waals surface area contributed by atoms with Crippen LogP contribution in [0, 0.1) is 0 Å². The minimum absolute atomic E-state index is 0.692. The fraction of sp³-hybridized carbons (Fsp3) is 0.357. The average molecular weight is 242 g/mol. The Morgan fingerprint density at radius 1 is 1.17 bits per heavy atom. The number of anilines is 1. The van der Waals surface area contributed by atoms with Crippen LogP contribution in [0.15, 0.2) is 30.5 Å². The molecule has 18 heavy (non-hydrogen) atoms. The van der Waals surface area contributed by atoms with E-state index in [-0.39, 0.29) is 0 Å². The Kier molecular flexibility index (Phi) is 4.23. The highest BCUT2D eigenvalue weighted by atomic mass is 15.0. The second-order valence-corrected chi connectivity index (χ2v) is 4.06. The van der Waals surface area contributed by atoms with Gasteiger partial charge in [0, 0.05) is 24.5 Å². The zero-order valence-electron chi connectivity index (χ0n) is 10.8. The smallest absolute Gasteiger partial charge is 0.180 e. The quantitative estimate of drug-likeness (QED) is 0.875. The van der Waals surface area contributed by atoms with Gasteiger partial charge in [0.15, 0.2) is 5.82 Å². The summed E-state index contributed by atoms with van der Waals surface area (Å²) in [7, 11) is 0. The van der Waals surface area contributed by atoms with Crippen molar-refractivity contribution in [3.05, 3.63) is 36.2 Å². The molecule has 0 saturated heterocycles. The van der Waals surface area contributed by atoms with Gasteiger partial charge in [0.1, 0.15) is 11.5 Å². The maximum Gasteiger partial charge on any atom is 0.180 e. The van der Waals surface area contributed by atoms with Gasteiger partial charge in [0.25, 0.3) is 0 Å². The number of hydrogen-bond donors (Lipinski definition) is 1. The average Bonchev–Trinajstić information content (AvgIpc) is 2.40. The standard InChI is InChI=1S/C14H18N4/c1-3-7-11-10-13(15-4-2)18-14(17-11)12-8-5-6-9-16-12/h5-6,8-10H,3-4,7H2,1-2H3,(H,15,17,18). The predicted octanol–water partition coefficient (Wildman–Crippen LogP) is 2.92. The van der Waals surface area contributed by atoms with Crippen molar-refractivity contribution in [2.24, 2.45) is 0 Å². The van der Waals surface area contributed by atoms with Crippen molar-refractivity contribution < 1.29 is 0 Å². The summed E-state index contributed by atoms with van der Waals surface area (Å²) in [6.07, 6.45) is 3.79. The minimum atomic E-state index is 0.692. The monoisotopic (exact) mass is 242 g/mol. The molecule has 4 nitrogen and oxygen atoms in total. The van der Waals surface area contributed by atoms with Gasteiger partial charge >= 0.3 is 0 Å². The molecule has 0 saturated carbocycles. The first-order chi connectivity index (χ1) is 8.83. The van der Waals surface area contributed by atoms with E-state index in [1.165, 1.54) is 0 Å². The molecule has 2 aromatic heterocycles. The molecule has 2 rings (SSSR count). The van der Waals surface area contributed by atoms with Crippen LogP contribution in [0.1, 0.15) is 26.0 Å². The number of rotatable bonds is 5. The Morgan fingerprint density at radius 3 is 2.72 bits per heavy atom. The van der Waals surface area contributed by atoms with E-state index in [9.17, 15) is 0 Å². The van der Waals surface area contributed by atoms with Crippen LogP contribution in [-0.4, -0.2) is 21.5 Å². The van der Waals surface area contributed by atoms with E-state index in [1.54, 1.807) is 6.20 Å². The minimum Gasteiger partial charge on any atom is -0.370 e. The molecule has 2 heterocycles. The van der Waals surface area contributed by atoms with Crippen LogP contribution in [0.3, 0.4) is 0 Å². The molecule has 0 spiro atoms. The molecule has 0 aliphatic heterocycles. The number of nitrogens with zero attached hydrogens (tertiary/aromatic N) is 3. The lowest BCUT2D eigenvalue weighted by Crippen LogP contribution is -2.04. The molecule has 2 aromatic rings. The molecule has 0 aliphatic rings. The van der Waals surface area contributed by atoms with Crippen LogP contribution in [0.5, 0.6) is 0 Å². The molecule has 0 radical (unpaired) electrons. The zero-order valence-corrected chi connectivity index (χ0v) is 10.8. The van der Waals surface area contributed by atoms with Gasteiger partial charge in [-0.15, -0.1) is 0 Å². The molecule has 0 bridgehead atoms. The number of aryl methyl sites for hydroxylation is 1. The largest absolute Gasteiger partial charge is 0.370 e. The molecule has 0 amide bonds. The molecule has 0 aliphatic carbocycles. The van der Waals surface area contributed by atoms with E-state index in [0.29, 0.717) is 5.82 Å². The van der Waals surface area contributed by atoms with E-state index >= 15 is 0 Å². The number of pyridine rings is 1. The zero-order chi connectivity index (χ0) is 12.8. The normalized spacial score (nSPS) is 10.3. The summed E-state index contributed by atoms with van der Waals surface area (Å²) < 4.78 is 0. The maximum absolute atomic E-state index is 4.56.